The summed E-state index contributed by atoms with van der Waals surface area (Å²) < 4.78 is 5.23. The lowest BCUT2D eigenvalue weighted by atomic mass is 10.1. The molecule has 0 saturated carbocycles. The number of alkyl carbamates (subject to hydrolysis) is 1. The fourth-order valence-electron chi connectivity index (χ4n) is 2.02. The molecule has 5 nitrogen and oxygen atoms in total. The van der Waals surface area contributed by atoms with E-state index in [1.807, 2.05) is 30.3 Å². The first-order chi connectivity index (χ1) is 12.2. The minimum atomic E-state index is -1.14. The van der Waals surface area contributed by atoms with Crippen molar-refractivity contribution in [1.82, 2.24) is 5.32 Å². The van der Waals surface area contributed by atoms with Gasteiger partial charge in [0.2, 0.25) is 0 Å². The van der Waals surface area contributed by atoms with Gasteiger partial charge in [0.1, 0.15) is 12.2 Å². The highest BCUT2D eigenvalue weighted by Gasteiger charge is 2.17. The Labute approximate surface area is 158 Å². The van der Waals surface area contributed by atoms with Crippen LogP contribution < -0.4 is 5.32 Å². The van der Waals surface area contributed by atoms with Crippen LogP contribution in [0.5, 0.6) is 0 Å². The summed E-state index contributed by atoms with van der Waals surface area (Å²) in [5.74, 6) is -0.201. The molecule has 148 valence electrons. The van der Waals surface area contributed by atoms with E-state index < -0.39 is 5.60 Å². The standard InChI is InChI=1S/C16H25NO2.C5H10O2/c1-3-5-12-15(9-4-2)17-16(18)19-13-14-10-7-6-8-11-14;1-4(6)5(2,3)7/h6-8,10-11,15H,3-5,9,12-13H2,1-2H3,(H,17,18);7H,1-3H3. The fourth-order valence-corrected chi connectivity index (χ4v) is 2.02. The third-order valence-electron chi connectivity index (χ3n) is 3.94. The molecule has 1 unspecified atom stereocenters. The van der Waals surface area contributed by atoms with Gasteiger partial charge < -0.3 is 15.2 Å². The average Bonchev–Trinajstić information content (AvgIpc) is 2.58. The van der Waals surface area contributed by atoms with Crippen LogP contribution >= 0.6 is 0 Å². The number of ether oxygens (including phenoxy) is 1. The molecular weight excluding hydrogens is 330 g/mol. The van der Waals surface area contributed by atoms with Crippen molar-refractivity contribution in [3.8, 4) is 0 Å². The van der Waals surface area contributed by atoms with Gasteiger partial charge in [-0.15, -0.1) is 0 Å². The molecule has 0 spiro atoms. The number of carbonyl (C=O) groups is 2. The predicted octanol–water partition coefficient (Wildman–Crippen LogP) is 4.62. The van der Waals surface area contributed by atoms with E-state index in [0.29, 0.717) is 6.61 Å². The van der Waals surface area contributed by atoms with E-state index in [9.17, 15) is 9.59 Å². The Bertz CT molecular complexity index is 508. The molecule has 0 radical (unpaired) electrons. The van der Waals surface area contributed by atoms with Gasteiger partial charge in [-0.05, 0) is 39.2 Å². The number of hydrogen-bond donors (Lipinski definition) is 2. The highest BCUT2D eigenvalue weighted by molar-refractivity contribution is 5.83. The second-order valence-electron chi connectivity index (χ2n) is 6.95. The van der Waals surface area contributed by atoms with Gasteiger partial charge in [-0.2, -0.15) is 0 Å². The molecular formula is C21H35NO4. The van der Waals surface area contributed by atoms with Gasteiger partial charge in [-0.1, -0.05) is 63.4 Å². The summed E-state index contributed by atoms with van der Waals surface area (Å²) in [6.07, 6.45) is 5.11. The van der Waals surface area contributed by atoms with Gasteiger partial charge in [0.15, 0.2) is 5.78 Å². The number of rotatable bonds is 9. The van der Waals surface area contributed by atoms with Crippen molar-refractivity contribution in [2.45, 2.75) is 85.0 Å². The van der Waals surface area contributed by atoms with Gasteiger partial charge in [0.05, 0.1) is 0 Å². The summed E-state index contributed by atoms with van der Waals surface area (Å²) in [4.78, 5) is 21.9. The van der Waals surface area contributed by atoms with E-state index in [2.05, 4.69) is 19.2 Å². The van der Waals surface area contributed by atoms with Crippen molar-refractivity contribution in [3.63, 3.8) is 0 Å². The molecule has 0 aliphatic carbocycles. The highest BCUT2D eigenvalue weighted by atomic mass is 16.5. The normalized spacial score (nSPS) is 11.8. The van der Waals surface area contributed by atoms with E-state index in [-0.39, 0.29) is 17.9 Å². The minimum absolute atomic E-state index is 0.201. The third kappa shape index (κ3) is 12.5. The molecule has 0 bridgehead atoms. The number of carbonyl (C=O) groups excluding carboxylic acids is 2. The van der Waals surface area contributed by atoms with Gasteiger partial charge in [0.25, 0.3) is 0 Å². The molecule has 2 N–H and O–H groups in total. The Hall–Kier alpha value is -1.88. The summed E-state index contributed by atoms with van der Waals surface area (Å²) in [7, 11) is 0. The van der Waals surface area contributed by atoms with Gasteiger partial charge in [0, 0.05) is 6.04 Å². The van der Waals surface area contributed by atoms with E-state index in [1.165, 1.54) is 20.8 Å². The maximum absolute atomic E-state index is 11.7. The van der Waals surface area contributed by atoms with Crippen molar-refractivity contribution in [2.24, 2.45) is 0 Å². The lowest BCUT2D eigenvalue weighted by Gasteiger charge is -2.17. The van der Waals surface area contributed by atoms with Crippen LogP contribution in [-0.2, 0) is 16.1 Å². The molecule has 1 aromatic rings. The van der Waals surface area contributed by atoms with Crippen LogP contribution in [0.2, 0.25) is 0 Å². The highest BCUT2D eigenvalue weighted by Crippen LogP contribution is 2.08. The molecule has 1 aromatic carbocycles. The lowest BCUT2D eigenvalue weighted by Crippen LogP contribution is -2.35. The zero-order valence-corrected chi connectivity index (χ0v) is 16.9. The third-order valence-corrected chi connectivity index (χ3v) is 3.94. The van der Waals surface area contributed by atoms with Crippen LogP contribution in [0.15, 0.2) is 30.3 Å². The van der Waals surface area contributed by atoms with Crippen LogP contribution in [0.3, 0.4) is 0 Å². The molecule has 0 aliphatic heterocycles. The number of unbranched alkanes of at least 4 members (excludes halogenated alkanes) is 1. The quantitative estimate of drug-likeness (QED) is 0.669. The smallest absolute Gasteiger partial charge is 0.407 e. The topological polar surface area (TPSA) is 75.6 Å². The number of amides is 1. The monoisotopic (exact) mass is 365 g/mol. The van der Waals surface area contributed by atoms with Crippen LogP contribution in [0.4, 0.5) is 4.79 Å². The number of Topliss-reactive ketones (excluding diaryl/α,β-unsaturated/α-hetero) is 1. The lowest BCUT2D eigenvalue weighted by molar-refractivity contribution is -0.131. The SMILES string of the molecule is CC(=O)C(C)(C)O.CCCCC(CCC)NC(=O)OCc1ccccc1. The van der Waals surface area contributed by atoms with Crippen molar-refractivity contribution >= 4 is 11.9 Å². The molecule has 0 fully saturated rings. The Morgan fingerprint density at radius 2 is 1.69 bits per heavy atom. The number of nitrogens with one attached hydrogen (secondary N) is 1. The molecule has 0 heterocycles. The zero-order chi connectivity index (χ0) is 20.0. The van der Waals surface area contributed by atoms with E-state index >= 15 is 0 Å². The van der Waals surface area contributed by atoms with Crippen molar-refractivity contribution in [2.75, 3.05) is 0 Å². The second-order valence-corrected chi connectivity index (χ2v) is 6.95. The Kier molecular flexibility index (Phi) is 12.4. The van der Waals surface area contributed by atoms with Crippen molar-refractivity contribution < 1.29 is 19.4 Å². The van der Waals surface area contributed by atoms with Crippen LogP contribution in [0.25, 0.3) is 0 Å². The Morgan fingerprint density at radius 1 is 1.12 bits per heavy atom. The number of ketones is 1. The first kappa shape index (κ1) is 24.1. The second kappa shape index (κ2) is 13.3. The first-order valence-corrected chi connectivity index (χ1v) is 9.41. The fraction of sp³-hybridized carbons (Fsp3) is 0.619. The molecule has 1 atom stereocenters. The van der Waals surface area contributed by atoms with Crippen LogP contribution in [0.1, 0.15) is 72.3 Å². The number of benzene rings is 1. The van der Waals surface area contributed by atoms with Gasteiger partial charge in [-0.25, -0.2) is 4.79 Å². The summed E-state index contributed by atoms with van der Waals surface area (Å²) in [6.45, 7) is 8.93. The average molecular weight is 366 g/mol. The zero-order valence-electron chi connectivity index (χ0n) is 16.9. The molecule has 1 rings (SSSR count). The number of aliphatic hydroxyl groups is 1. The Balaban J connectivity index is 0.000000758. The van der Waals surface area contributed by atoms with Crippen LogP contribution in [-0.4, -0.2) is 28.6 Å². The summed E-state index contributed by atoms with van der Waals surface area (Å²) in [6, 6.07) is 9.98. The summed E-state index contributed by atoms with van der Waals surface area (Å²) in [5, 5.41) is 11.7. The predicted molar refractivity (Wildman–Crippen MR) is 105 cm³/mol. The largest absolute Gasteiger partial charge is 0.445 e. The molecule has 0 aromatic heterocycles. The molecule has 0 aliphatic rings. The summed E-state index contributed by atoms with van der Waals surface area (Å²) >= 11 is 0. The van der Waals surface area contributed by atoms with Gasteiger partial charge >= 0.3 is 6.09 Å². The minimum Gasteiger partial charge on any atom is -0.445 e. The van der Waals surface area contributed by atoms with Crippen molar-refractivity contribution in [3.05, 3.63) is 35.9 Å². The molecule has 26 heavy (non-hydrogen) atoms. The maximum Gasteiger partial charge on any atom is 0.407 e. The molecule has 5 heteroatoms. The number of hydrogen-bond acceptors (Lipinski definition) is 4. The first-order valence-electron chi connectivity index (χ1n) is 9.41. The van der Waals surface area contributed by atoms with E-state index in [1.54, 1.807) is 0 Å². The maximum atomic E-state index is 11.7. The Morgan fingerprint density at radius 3 is 2.15 bits per heavy atom. The van der Waals surface area contributed by atoms with Crippen LogP contribution in [0, 0.1) is 0 Å². The molecule has 1 amide bonds. The van der Waals surface area contributed by atoms with E-state index in [0.717, 1.165) is 37.7 Å². The van der Waals surface area contributed by atoms with E-state index in [4.69, 9.17) is 9.84 Å². The van der Waals surface area contributed by atoms with Crippen molar-refractivity contribution in [1.29, 1.82) is 0 Å². The molecule has 0 saturated heterocycles. The van der Waals surface area contributed by atoms with Gasteiger partial charge in [-0.3, -0.25) is 4.79 Å². The summed E-state index contributed by atoms with van der Waals surface area (Å²) in [5.41, 5.74) is -0.127.